The number of thioether (sulfide) groups is 1. The third-order valence-electron chi connectivity index (χ3n) is 7.02. The van der Waals surface area contributed by atoms with E-state index in [2.05, 4.69) is 76.1 Å². The Morgan fingerprint density at radius 3 is 1.97 bits per heavy atom. The summed E-state index contributed by atoms with van der Waals surface area (Å²) in [6.45, 7) is 24.9. The second kappa shape index (κ2) is 14.4. The summed E-state index contributed by atoms with van der Waals surface area (Å²) >= 11 is 8.51. The number of nitrogens with zero attached hydrogens (tertiary/aromatic N) is 1. The lowest BCUT2D eigenvalue weighted by Gasteiger charge is -2.52. The lowest BCUT2D eigenvalue weighted by molar-refractivity contribution is -0.190. The number of rotatable bonds is 13. The Kier molecular flexibility index (Phi) is 13.2. The number of nitrogens with one attached hydrogen (secondary N) is 1. The van der Waals surface area contributed by atoms with Gasteiger partial charge in [0, 0.05) is 6.54 Å². The number of halogens is 1. The lowest BCUT2D eigenvalue weighted by Crippen LogP contribution is -2.69. The first-order valence-corrected chi connectivity index (χ1v) is 26.6. The van der Waals surface area contributed by atoms with Crippen molar-refractivity contribution in [3.63, 3.8) is 0 Å². The third-order valence-corrected chi connectivity index (χ3v) is 11.1. The number of hydrogen-bond donors (Lipinski definition) is 1. The van der Waals surface area contributed by atoms with E-state index >= 15 is 0 Å². The van der Waals surface area contributed by atoms with Crippen molar-refractivity contribution in [2.75, 3.05) is 19.8 Å². The van der Waals surface area contributed by atoms with Gasteiger partial charge in [-0.05, 0) is 97.9 Å². The molecule has 0 bridgehead atoms. The van der Waals surface area contributed by atoms with Gasteiger partial charge < -0.3 is 23.3 Å². The van der Waals surface area contributed by atoms with Crippen LogP contribution in [-0.4, -0.2) is 103 Å². The molecule has 0 aliphatic carbocycles. The van der Waals surface area contributed by atoms with Crippen LogP contribution in [0.25, 0.3) is 0 Å². The second-order valence-electron chi connectivity index (χ2n) is 14.3. The molecule has 9 atom stereocenters. The minimum absolute atomic E-state index is 0.0211. The predicted molar refractivity (Wildman–Crippen MR) is 174 cm³/mol. The molecule has 0 spiro atoms. The molecule has 0 saturated carbocycles. The maximum absolute atomic E-state index is 13.7. The number of likely N-dealkylation sites (tertiary alicyclic amines) is 1. The summed E-state index contributed by atoms with van der Waals surface area (Å²) in [5.74, 6) is 0.569. The van der Waals surface area contributed by atoms with Crippen LogP contribution in [0.4, 0.5) is 0 Å². The summed E-state index contributed by atoms with van der Waals surface area (Å²) in [5.41, 5.74) is -0.262. The molecule has 12 heteroatoms. The molecule has 1 amide bonds. The van der Waals surface area contributed by atoms with Gasteiger partial charge in [0.15, 0.2) is 25.0 Å². The van der Waals surface area contributed by atoms with Crippen LogP contribution in [0, 0.1) is 5.92 Å². The van der Waals surface area contributed by atoms with E-state index in [1.807, 2.05) is 20.2 Å². The average Bonchev–Trinajstić information content (AvgIpc) is 3.12. The van der Waals surface area contributed by atoms with E-state index in [1.165, 1.54) is 0 Å². The van der Waals surface area contributed by atoms with E-state index in [1.54, 1.807) is 11.8 Å². The fourth-order valence-electron chi connectivity index (χ4n) is 5.68. The van der Waals surface area contributed by atoms with Gasteiger partial charge in [0.25, 0.3) is 0 Å². The molecule has 230 valence electrons. The van der Waals surface area contributed by atoms with Gasteiger partial charge in [0.2, 0.25) is 5.91 Å². The van der Waals surface area contributed by atoms with Crippen molar-refractivity contribution in [3.8, 4) is 0 Å². The van der Waals surface area contributed by atoms with Crippen LogP contribution in [0.3, 0.4) is 0 Å². The van der Waals surface area contributed by atoms with Crippen molar-refractivity contribution in [3.05, 3.63) is 0 Å². The Bertz CT molecular complexity index is 793. The van der Waals surface area contributed by atoms with Crippen molar-refractivity contribution < 1.29 is 22.8 Å². The van der Waals surface area contributed by atoms with Gasteiger partial charge in [0.05, 0.1) is 17.5 Å². The number of amides is 1. The highest BCUT2D eigenvalue weighted by molar-refractivity contribution is 7.99. The van der Waals surface area contributed by atoms with Crippen LogP contribution in [-0.2, 0) is 22.8 Å². The van der Waals surface area contributed by atoms with Gasteiger partial charge in [-0.15, -0.1) is 23.4 Å². The van der Waals surface area contributed by atoms with Crippen molar-refractivity contribution in [2.45, 2.75) is 139 Å². The minimum Gasteiger partial charge on any atom is -0.409 e. The van der Waals surface area contributed by atoms with Gasteiger partial charge in [-0.3, -0.25) is 9.69 Å². The number of likely N-dealkylation sites (N-methyl/N-ethyl adjacent to an activating group) is 1. The molecule has 2 saturated heterocycles. The molecule has 0 radical (unpaired) electrons. The molecule has 0 aromatic heterocycles. The van der Waals surface area contributed by atoms with E-state index in [0.29, 0.717) is 5.92 Å². The summed E-state index contributed by atoms with van der Waals surface area (Å²) in [7, 11) is -3.97. The largest absolute Gasteiger partial charge is 0.409 e. The summed E-state index contributed by atoms with van der Waals surface area (Å²) in [6, 6.07) is -0.595. The topological polar surface area (TPSA) is 69.3 Å². The third kappa shape index (κ3) is 11.0. The van der Waals surface area contributed by atoms with Gasteiger partial charge >= 0.3 is 0 Å². The molecule has 2 heterocycles. The molecule has 7 nitrogen and oxygen atoms in total. The quantitative estimate of drug-likeness (QED) is 0.197. The van der Waals surface area contributed by atoms with E-state index < -0.39 is 43.2 Å². The zero-order valence-electron chi connectivity index (χ0n) is 26.8. The standard InChI is InChI=1S/C27H57ClN2O5SSi3/c1-14-15-19-16-20(30(3)17-19)26(31)29-21(18(2)28)22-23(33-37(5,6)7)24(34-38(8,9)10)25(27(32-22)36-4)35-39(11,12)13/h18-25,27H,14-17H2,1-13H3,(H,29,31)/t18-,19?,20?,21-,22?,23?,24?,25?,27?/m1/s1. The van der Waals surface area contributed by atoms with E-state index in [4.69, 9.17) is 29.6 Å². The molecular weight excluding hydrogens is 584 g/mol. The first-order chi connectivity index (χ1) is 17.8. The van der Waals surface area contributed by atoms with Crippen molar-refractivity contribution >= 4 is 54.2 Å². The first-order valence-electron chi connectivity index (χ1n) is 14.6. The van der Waals surface area contributed by atoms with Crippen LogP contribution in [0.15, 0.2) is 0 Å². The van der Waals surface area contributed by atoms with Gasteiger partial charge in [-0.1, -0.05) is 13.3 Å². The zero-order valence-corrected chi connectivity index (χ0v) is 31.4. The second-order valence-corrected chi connectivity index (χ2v) is 29.4. The monoisotopic (exact) mass is 640 g/mol. The molecule has 2 rings (SSSR count). The molecule has 2 aliphatic heterocycles. The first kappa shape index (κ1) is 35.8. The molecule has 2 fully saturated rings. The summed E-state index contributed by atoms with van der Waals surface area (Å²) in [5, 5.41) is 2.97. The molecule has 2 aliphatic rings. The van der Waals surface area contributed by atoms with Crippen molar-refractivity contribution in [1.29, 1.82) is 0 Å². The highest BCUT2D eigenvalue weighted by atomic mass is 35.5. The number of hydrogen-bond acceptors (Lipinski definition) is 7. The van der Waals surface area contributed by atoms with E-state index in [9.17, 15) is 4.79 Å². The number of ether oxygens (including phenoxy) is 1. The molecular formula is C27H57ClN2O5SSi3. The van der Waals surface area contributed by atoms with Crippen molar-refractivity contribution in [2.24, 2.45) is 5.92 Å². The number of carbonyl (C=O) groups is 1. The molecule has 1 N–H and O–H groups in total. The van der Waals surface area contributed by atoms with Crippen LogP contribution in [0.5, 0.6) is 0 Å². The minimum atomic E-state index is -2.06. The van der Waals surface area contributed by atoms with E-state index in [-0.39, 0.29) is 35.0 Å². The van der Waals surface area contributed by atoms with Gasteiger partial charge in [-0.25, -0.2) is 0 Å². The Balaban J connectivity index is 2.49. The molecule has 0 aromatic carbocycles. The summed E-state index contributed by atoms with van der Waals surface area (Å²) in [6.07, 6.45) is 3.74. The van der Waals surface area contributed by atoms with Crippen LogP contribution < -0.4 is 5.32 Å². The SMILES string of the molecule is CCCC1CC(C(=O)N[C@@H](C2OC(SC)C(O[Si](C)(C)C)C(O[Si](C)(C)C)C2O[Si](C)(C)C)[C@@H](C)Cl)N(C)C1. The fraction of sp³-hybridized carbons (Fsp3) is 0.963. The number of carbonyl (C=O) groups excluding carboxylic acids is 1. The maximum Gasteiger partial charge on any atom is 0.237 e. The average molecular weight is 642 g/mol. The van der Waals surface area contributed by atoms with Gasteiger partial charge in [0.1, 0.15) is 29.9 Å². The smallest absolute Gasteiger partial charge is 0.237 e. The zero-order chi connectivity index (χ0) is 29.9. The fourth-order valence-corrected chi connectivity index (χ4v) is 9.95. The van der Waals surface area contributed by atoms with Crippen LogP contribution in [0.2, 0.25) is 58.9 Å². The molecule has 39 heavy (non-hydrogen) atoms. The Morgan fingerprint density at radius 2 is 1.51 bits per heavy atom. The summed E-state index contributed by atoms with van der Waals surface area (Å²) < 4.78 is 27.5. The predicted octanol–water partition coefficient (Wildman–Crippen LogP) is 5.97. The highest BCUT2D eigenvalue weighted by Crippen LogP contribution is 2.38. The van der Waals surface area contributed by atoms with Crippen LogP contribution >= 0.6 is 23.4 Å². The normalized spacial score (nSPS) is 32.7. The Morgan fingerprint density at radius 1 is 1.00 bits per heavy atom. The van der Waals surface area contributed by atoms with Gasteiger partial charge in [-0.2, -0.15) is 0 Å². The maximum atomic E-state index is 13.7. The summed E-state index contributed by atoms with van der Waals surface area (Å²) in [4.78, 5) is 15.9. The van der Waals surface area contributed by atoms with Crippen LogP contribution in [0.1, 0.15) is 33.1 Å². The Hall–Kier alpha value is 0.561. The highest BCUT2D eigenvalue weighted by Gasteiger charge is 2.54. The molecule has 0 aromatic rings. The Labute approximate surface area is 251 Å². The van der Waals surface area contributed by atoms with Crippen molar-refractivity contribution in [1.82, 2.24) is 10.2 Å². The van der Waals surface area contributed by atoms with E-state index in [0.717, 1.165) is 25.8 Å². The lowest BCUT2D eigenvalue weighted by atomic mass is 9.92. The molecule has 7 unspecified atom stereocenters. The number of alkyl halides is 1.